The molecule has 1 N–H and O–H groups in total. The van der Waals surface area contributed by atoms with Crippen LogP contribution < -0.4 is 5.32 Å². The Bertz CT molecular complexity index is 365. The average molecular weight is 207 g/mol. The maximum absolute atomic E-state index is 10.7. The third-order valence-corrected chi connectivity index (χ3v) is 1.89. The average Bonchev–Trinajstić information content (AvgIpc) is 2.18. The number of nitrogens with one attached hydrogen (secondary N) is 1. The van der Waals surface area contributed by atoms with Crippen molar-refractivity contribution in [2.75, 3.05) is 5.32 Å². The van der Waals surface area contributed by atoms with Crippen molar-refractivity contribution >= 4 is 11.5 Å². The van der Waals surface area contributed by atoms with E-state index >= 15 is 0 Å². The topological polar surface area (TPSA) is 68.1 Å². The summed E-state index contributed by atoms with van der Waals surface area (Å²) in [6.07, 6.45) is 4.01. The second-order valence-electron chi connectivity index (χ2n) is 3.20. The molecule has 1 aromatic rings. The molecule has 0 bridgehead atoms. The van der Waals surface area contributed by atoms with Gasteiger partial charge in [-0.05, 0) is 19.4 Å². The van der Waals surface area contributed by atoms with Crippen molar-refractivity contribution in [3.8, 4) is 0 Å². The van der Waals surface area contributed by atoms with Crippen LogP contribution in [0.4, 0.5) is 11.5 Å². The Labute approximate surface area is 88.0 Å². The Morgan fingerprint density at radius 2 is 2.53 bits per heavy atom. The minimum Gasteiger partial charge on any atom is -0.362 e. The number of rotatable bonds is 5. The third kappa shape index (κ3) is 3.05. The molecule has 0 aliphatic rings. The van der Waals surface area contributed by atoms with Gasteiger partial charge in [-0.15, -0.1) is 6.58 Å². The molecule has 15 heavy (non-hydrogen) atoms. The molecule has 1 unspecified atom stereocenters. The smallest absolute Gasteiger partial charge is 0.311 e. The van der Waals surface area contributed by atoms with Crippen molar-refractivity contribution in [1.29, 1.82) is 0 Å². The van der Waals surface area contributed by atoms with Crippen molar-refractivity contribution in [1.82, 2.24) is 4.98 Å². The molecule has 0 aliphatic heterocycles. The van der Waals surface area contributed by atoms with Gasteiger partial charge in [0.25, 0.3) is 0 Å². The van der Waals surface area contributed by atoms with E-state index in [9.17, 15) is 10.1 Å². The molecule has 1 rings (SSSR count). The van der Waals surface area contributed by atoms with Gasteiger partial charge in [-0.3, -0.25) is 10.1 Å². The maximum Gasteiger partial charge on any atom is 0.311 e. The summed E-state index contributed by atoms with van der Waals surface area (Å²) in [6.45, 7) is 5.52. The number of nitrogens with zero attached hydrogens (tertiary/aromatic N) is 2. The van der Waals surface area contributed by atoms with E-state index in [1.807, 2.05) is 6.92 Å². The summed E-state index contributed by atoms with van der Waals surface area (Å²) in [4.78, 5) is 14.2. The molecule has 1 atom stereocenters. The van der Waals surface area contributed by atoms with Crippen molar-refractivity contribution in [3.63, 3.8) is 0 Å². The van der Waals surface area contributed by atoms with Crippen LogP contribution in [0.25, 0.3) is 0 Å². The molecule has 0 saturated carbocycles. The first-order chi connectivity index (χ1) is 7.15. The van der Waals surface area contributed by atoms with Gasteiger partial charge < -0.3 is 5.32 Å². The maximum atomic E-state index is 10.7. The van der Waals surface area contributed by atoms with Crippen LogP contribution >= 0.6 is 0 Å². The summed E-state index contributed by atoms with van der Waals surface area (Å²) in [5.41, 5.74) is -0.00610. The lowest BCUT2D eigenvalue weighted by Crippen LogP contribution is -2.15. The van der Waals surface area contributed by atoms with Gasteiger partial charge in [-0.1, -0.05) is 6.08 Å². The van der Waals surface area contributed by atoms with Gasteiger partial charge in [0.1, 0.15) is 0 Å². The van der Waals surface area contributed by atoms with E-state index in [4.69, 9.17) is 0 Å². The van der Waals surface area contributed by atoms with E-state index in [0.717, 1.165) is 6.42 Å². The molecule has 1 aromatic heterocycles. The normalized spacial score (nSPS) is 11.8. The highest BCUT2D eigenvalue weighted by atomic mass is 16.6. The Morgan fingerprint density at radius 3 is 3.13 bits per heavy atom. The van der Waals surface area contributed by atoms with Gasteiger partial charge in [0.05, 0.1) is 4.92 Å². The highest BCUT2D eigenvalue weighted by Crippen LogP contribution is 2.21. The Morgan fingerprint density at radius 1 is 1.80 bits per heavy atom. The summed E-state index contributed by atoms with van der Waals surface area (Å²) < 4.78 is 0. The number of hydrogen-bond acceptors (Lipinski definition) is 4. The zero-order valence-corrected chi connectivity index (χ0v) is 8.51. The fourth-order valence-electron chi connectivity index (χ4n) is 1.20. The van der Waals surface area contributed by atoms with Crippen LogP contribution in [-0.2, 0) is 0 Å². The number of anilines is 1. The van der Waals surface area contributed by atoms with Crippen LogP contribution in [0, 0.1) is 10.1 Å². The van der Waals surface area contributed by atoms with Crippen LogP contribution in [0.15, 0.2) is 31.0 Å². The number of hydrogen-bond donors (Lipinski definition) is 1. The van der Waals surface area contributed by atoms with Gasteiger partial charge in [0, 0.05) is 18.3 Å². The van der Waals surface area contributed by atoms with Gasteiger partial charge in [-0.2, -0.15) is 0 Å². The lowest BCUT2D eigenvalue weighted by atomic mass is 10.2. The third-order valence-electron chi connectivity index (χ3n) is 1.89. The van der Waals surface area contributed by atoms with E-state index in [0.29, 0.717) is 5.82 Å². The summed E-state index contributed by atoms with van der Waals surface area (Å²) in [5.74, 6) is 0.303. The highest BCUT2D eigenvalue weighted by molar-refractivity contribution is 5.55. The van der Waals surface area contributed by atoms with Gasteiger partial charge >= 0.3 is 5.69 Å². The van der Waals surface area contributed by atoms with Gasteiger partial charge in [0.2, 0.25) is 5.82 Å². The second kappa shape index (κ2) is 5.09. The first-order valence-corrected chi connectivity index (χ1v) is 4.62. The van der Waals surface area contributed by atoms with E-state index in [-0.39, 0.29) is 11.7 Å². The number of pyridine rings is 1. The zero-order valence-electron chi connectivity index (χ0n) is 8.51. The molecule has 0 aromatic carbocycles. The quantitative estimate of drug-likeness (QED) is 0.457. The van der Waals surface area contributed by atoms with Crippen molar-refractivity contribution in [2.24, 2.45) is 0 Å². The minimum absolute atomic E-state index is 0.00610. The van der Waals surface area contributed by atoms with E-state index in [1.54, 1.807) is 12.1 Å². The van der Waals surface area contributed by atoms with Crippen LogP contribution in [0.2, 0.25) is 0 Å². The molecular weight excluding hydrogens is 194 g/mol. The molecule has 0 spiro atoms. The van der Waals surface area contributed by atoms with E-state index in [2.05, 4.69) is 16.9 Å². The first kappa shape index (κ1) is 11.2. The second-order valence-corrected chi connectivity index (χ2v) is 3.20. The standard InChI is InChI=1S/C10H13N3O2/c1-3-5-8(2)12-10-9(13(14)15)6-4-7-11-10/h3-4,6-8H,1,5H2,2H3,(H,11,12). The molecule has 1 heterocycles. The lowest BCUT2D eigenvalue weighted by Gasteiger charge is -2.11. The van der Waals surface area contributed by atoms with Gasteiger partial charge in [-0.25, -0.2) is 4.98 Å². The molecule has 0 saturated heterocycles. The van der Waals surface area contributed by atoms with E-state index < -0.39 is 4.92 Å². The molecule has 80 valence electrons. The van der Waals surface area contributed by atoms with Crippen molar-refractivity contribution in [2.45, 2.75) is 19.4 Å². The molecule has 0 radical (unpaired) electrons. The van der Waals surface area contributed by atoms with Crippen molar-refractivity contribution < 1.29 is 4.92 Å². The zero-order chi connectivity index (χ0) is 11.3. The molecule has 5 heteroatoms. The summed E-state index contributed by atoms with van der Waals surface area (Å²) in [7, 11) is 0. The Hall–Kier alpha value is -1.91. The fourth-order valence-corrected chi connectivity index (χ4v) is 1.20. The molecule has 0 amide bonds. The van der Waals surface area contributed by atoms with Crippen molar-refractivity contribution in [3.05, 3.63) is 41.1 Å². The van der Waals surface area contributed by atoms with Crippen LogP contribution in [0.3, 0.4) is 0 Å². The minimum atomic E-state index is -0.448. The lowest BCUT2D eigenvalue weighted by molar-refractivity contribution is -0.384. The Balaban J connectivity index is 2.84. The summed E-state index contributed by atoms with van der Waals surface area (Å²) in [5, 5.41) is 13.6. The number of nitro groups is 1. The molecule has 0 aliphatic carbocycles. The van der Waals surface area contributed by atoms with Crippen LogP contribution in [0.1, 0.15) is 13.3 Å². The van der Waals surface area contributed by atoms with Gasteiger partial charge in [0.15, 0.2) is 0 Å². The Kier molecular flexibility index (Phi) is 3.79. The highest BCUT2D eigenvalue weighted by Gasteiger charge is 2.14. The SMILES string of the molecule is C=CCC(C)Nc1ncccc1[N+](=O)[O-]. The largest absolute Gasteiger partial charge is 0.362 e. The predicted molar refractivity (Wildman–Crippen MR) is 58.8 cm³/mol. The molecular formula is C10H13N3O2. The summed E-state index contributed by atoms with van der Waals surface area (Å²) >= 11 is 0. The number of aromatic nitrogens is 1. The monoisotopic (exact) mass is 207 g/mol. The fraction of sp³-hybridized carbons (Fsp3) is 0.300. The van der Waals surface area contributed by atoms with E-state index in [1.165, 1.54) is 12.3 Å². The molecule has 5 nitrogen and oxygen atoms in total. The predicted octanol–water partition coefficient (Wildman–Crippen LogP) is 2.37. The van der Waals surface area contributed by atoms with Crippen LogP contribution in [0.5, 0.6) is 0 Å². The molecule has 0 fully saturated rings. The first-order valence-electron chi connectivity index (χ1n) is 4.62. The summed E-state index contributed by atoms with van der Waals surface area (Å²) in [6, 6.07) is 3.05. The van der Waals surface area contributed by atoms with Crippen LogP contribution in [-0.4, -0.2) is 15.9 Å².